The van der Waals surface area contributed by atoms with Crippen LogP contribution in [0.2, 0.25) is 0 Å². The zero-order valence-corrected chi connectivity index (χ0v) is 25.3. The quantitative estimate of drug-likeness (QED) is 0.108. The molecule has 3 N–H and O–H groups in total. The second kappa shape index (κ2) is 13.8. The van der Waals surface area contributed by atoms with Gasteiger partial charge in [0.15, 0.2) is 17.3 Å². The van der Waals surface area contributed by atoms with Crippen LogP contribution in [0.25, 0.3) is 10.9 Å². The van der Waals surface area contributed by atoms with Gasteiger partial charge in [0.05, 0.1) is 28.9 Å². The molecule has 0 radical (unpaired) electrons. The summed E-state index contributed by atoms with van der Waals surface area (Å²) in [5.41, 5.74) is 5.84. The monoisotopic (exact) mass is 621 g/mol. The first-order valence-electron chi connectivity index (χ1n) is 15.0. The molecule has 2 aromatic carbocycles. The number of nitrogens with one attached hydrogen (secondary N) is 1. The predicted octanol–water partition coefficient (Wildman–Crippen LogP) is 5.12. The second-order valence-electron chi connectivity index (χ2n) is 11.6. The fraction of sp³-hybridized carbons (Fsp3) is 0.424. The maximum atomic E-state index is 15.2. The molecule has 2 saturated carbocycles. The molecule has 2 fully saturated rings. The van der Waals surface area contributed by atoms with Gasteiger partial charge in [-0.15, -0.1) is 0 Å². The van der Waals surface area contributed by atoms with Crippen LogP contribution in [0.5, 0.6) is 17.2 Å². The Morgan fingerprint density at radius 2 is 1.80 bits per heavy atom. The van der Waals surface area contributed by atoms with E-state index < -0.39 is 17.1 Å². The number of nitrogens with two attached hydrogens (primary N) is 1. The van der Waals surface area contributed by atoms with Gasteiger partial charge in [-0.05, 0) is 80.7 Å². The Labute approximate surface area is 260 Å². The second-order valence-corrected chi connectivity index (χ2v) is 11.9. The van der Waals surface area contributed by atoms with Gasteiger partial charge in [0.1, 0.15) is 17.3 Å². The molecule has 5 rings (SSSR count). The van der Waals surface area contributed by atoms with E-state index >= 15 is 4.39 Å². The van der Waals surface area contributed by atoms with E-state index in [4.69, 9.17) is 15.2 Å². The molecule has 44 heavy (non-hydrogen) atoms. The first-order valence-corrected chi connectivity index (χ1v) is 15.6. The molecule has 0 saturated heterocycles. The molecule has 3 aromatic rings. The van der Waals surface area contributed by atoms with Crippen molar-refractivity contribution < 1.29 is 33.0 Å². The summed E-state index contributed by atoms with van der Waals surface area (Å²) < 4.78 is 26.9. The first kappa shape index (κ1) is 31.4. The van der Waals surface area contributed by atoms with Crippen LogP contribution in [0.3, 0.4) is 0 Å². The van der Waals surface area contributed by atoms with Crippen molar-refractivity contribution in [1.29, 1.82) is 0 Å². The summed E-state index contributed by atoms with van der Waals surface area (Å²) in [4.78, 5) is 53.6. The van der Waals surface area contributed by atoms with Gasteiger partial charge in [-0.3, -0.25) is 24.2 Å². The van der Waals surface area contributed by atoms with E-state index in [1.54, 1.807) is 18.2 Å². The minimum absolute atomic E-state index is 0.0107. The van der Waals surface area contributed by atoms with E-state index in [0.717, 1.165) is 25.7 Å². The number of halogens is 1. The number of pyridine rings is 1. The third kappa shape index (κ3) is 7.56. The molecule has 0 bridgehead atoms. The number of rotatable bonds is 17. The van der Waals surface area contributed by atoms with Gasteiger partial charge in [0.25, 0.3) is 5.91 Å². The number of hydrogen-bond acceptors (Lipinski definition) is 8. The van der Waals surface area contributed by atoms with Crippen molar-refractivity contribution in [2.24, 2.45) is 17.1 Å². The zero-order chi connectivity index (χ0) is 31.3. The molecule has 0 spiro atoms. The summed E-state index contributed by atoms with van der Waals surface area (Å²) in [6.07, 6.45) is 7.50. The summed E-state index contributed by atoms with van der Waals surface area (Å²) in [5, 5.41) is 3.20. The Morgan fingerprint density at radius 3 is 2.48 bits per heavy atom. The summed E-state index contributed by atoms with van der Waals surface area (Å²) in [6, 6.07) is 8.99. The van der Waals surface area contributed by atoms with E-state index in [1.807, 2.05) is 0 Å². The van der Waals surface area contributed by atoms with Crippen molar-refractivity contribution in [2.45, 2.75) is 57.8 Å². The van der Waals surface area contributed by atoms with E-state index in [0.29, 0.717) is 61.2 Å². The molecular formula is C33H36FN3O6S. The van der Waals surface area contributed by atoms with Gasteiger partial charge in [-0.1, -0.05) is 6.07 Å². The summed E-state index contributed by atoms with van der Waals surface area (Å²) in [7, 11) is 0. The van der Waals surface area contributed by atoms with Crippen LogP contribution in [0, 0.1) is 17.2 Å². The maximum Gasteiger partial charge on any atom is 0.252 e. The largest absolute Gasteiger partial charge is 0.493 e. The normalized spacial score (nSPS) is 15.0. The maximum absolute atomic E-state index is 15.2. The summed E-state index contributed by atoms with van der Waals surface area (Å²) in [5.74, 6) is -0.540. The van der Waals surface area contributed by atoms with Gasteiger partial charge in [-0.2, -0.15) is 12.6 Å². The number of primary amides is 1. The minimum atomic E-state index is -0.879. The zero-order valence-electron chi connectivity index (χ0n) is 24.4. The summed E-state index contributed by atoms with van der Waals surface area (Å²) >= 11 is 3.92. The highest BCUT2D eigenvalue weighted by molar-refractivity contribution is 7.81. The van der Waals surface area contributed by atoms with Gasteiger partial charge < -0.3 is 20.5 Å². The highest BCUT2D eigenvalue weighted by Crippen LogP contribution is 2.51. The molecule has 2 amide bonds. The Balaban J connectivity index is 1.24. The molecule has 2 aliphatic rings. The number of amides is 2. The smallest absolute Gasteiger partial charge is 0.252 e. The number of nitrogens with zero attached hydrogens (tertiary/aromatic N) is 1. The number of hydrogen-bond donors (Lipinski definition) is 3. The third-order valence-electron chi connectivity index (χ3n) is 8.18. The summed E-state index contributed by atoms with van der Waals surface area (Å²) in [6.45, 7) is 0.885. The number of ketones is 2. The molecule has 9 nitrogen and oxygen atoms in total. The van der Waals surface area contributed by atoms with Crippen LogP contribution < -0.4 is 20.5 Å². The number of carbonyl (C=O) groups excluding carboxylic acids is 4. The molecule has 1 heterocycles. The Morgan fingerprint density at radius 1 is 1.00 bits per heavy atom. The van der Waals surface area contributed by atoms with Crippen LogP contribution >= 0.6 is 12.6 Å². The van der Waals surface area contributed by atoms with E-state index in [-0.39, 0.29) is 52.5 Å². The topological polar surface area (TPSA) is 138 Å². The van der Waals surface area contributed by atoms with Gasteiger partial charge >= 0.3 is 0 Å². The fourth-order valence-electron chi connectivity index (χ4n) is 5.25. The number of ether oxygens (including phenoxy) is 2. The molecule has 2 aliphatic carbocycles. The van der Waals surface area contributed by atoms with Gasteiger partial charge in [-0.25, -0.2) is 4.39 Å². The lowest BCUT2D eigenvalue weighted by Gasteiger charge is -2.15. The standard InChI is InChI=1S/C33H36FN3O6S/c34-24-14-21(16-30(39)33(9-10-33)29(38)15-20-4-5-20)6-7-27(24)43-26-8-12-36-25-18-28(23(32(35)41)17-22(25)26)42-13-3-1-2-11-37-31(40)19-44/h6-8,12,14,17-18,20,44H,1-5,9-11,13,15-16,19H2,(H2,35,41)(H,37,40). The molecule has 1 aromatic heterocycles. The average Bonchev–Trinajstić information content (AvgIpc) is 3.93. The van der Waals surface area contributed by atoms with Crippen LogP contribution in [0.15, 0.2) is 42.6 Å². The average molecular weight is 622 g/mol. The van der Waals surface area contributed by atoms with Crippen LogP contribution in [-0.2, 0) is 20.8 Å². The van der Waals surface area contributed by atoms with Crippen molar-refractivity contribution in [3.63, 3.8) is 0 Å². The van der Waals surface area contributed by atoms with Crippen molar-refractivity contribution in [3.05, 3.63) is 59.5 Å². The van der Waals surface area contributed by atoms with Crippen molar-refractivity contribution in [1.82, 2.24) is 10.3 Å². The number of fused-ring (bicyclic) bond motifs is 1. The number of thiol groups is 1. The lowest BCUT2D eigenvalue weighted by atomic mass is 9.88. The predicted molar refractivity (Wildman–Crippen MR) is 166 cm³/mol. The molecule has 0 aliphatic heterocycles. The van der Waals surface area contributed by atoms with Crippen LogP contribution in [0.4, 0.5) is 4.39 Å². The molecule has 232 valence electrons. The van der Waals surface area contributed by atoms with Gasteiger partial charge in [0.2, 0.25) is 5.91 Å². The number of benzene rings is 2. The van der Waals surface area contributed by atoms with Crippen LogP contribution in [-0.4, -0.2) is 47.3 Å². The molecule has 0 atom stereocenters. The van der Waals surface area contributed by atoms with Crippen molar-refractivity contribution in [3.8, 4) is 17.2 Å². The molecular weight excluding hydrogens is 585 g/mol. The third-order valence-corrected chi connectivity index (χ3v) is 8.47. The number of carbonyl (C=O) groups is 4. The van der Waals surface area contributed by atoms with Crippen LogP contribution in [0.1, 0.15) is 67.3 Å². The molecule has 11 heteroatoms. The number of unbranched alkanes of at least 4 members (excludes halogenated alkanes) is 2. The lowest BCUT2D eigenvalue weighted by Crippen LogP contribution is -2.27. The van der Waals surface area contributed by atoms with E-state index in [1.165, 1.54) is 24.4 Å². The highest BCUT2D eigenvalue weighted by Gasteiger charge is 2.55. The van der Waals surface area contributed by atoms with E-state index in [9.17, 15) is 19.2 Å². The van der Waals surface area contributed by atoms with Crippen molar-refractivity contribution >= 4 is 46.9 Å². The minimum Gasteiger partial charge on any atom is -0.493 e. The SMILES string of the molecule is NC(=O)c1cc2c(Oc3ccc(CC(=O)C4(C(=O)CC5CC5)CC4)cc3F)ccnc2cc1OCCCCCNC(=O)CS. The highest BCUT2D eigenvalue weighted by atomic mass is 32.1. The number of Topliss-reactive ketones (excluding diaryl/α,β-unsaturated/α-hetero) is 2. The Kier molecular flexibility index (Phi) is 9.83. The van der Waals surface area contributed by atoms with Gasteiger partial charge in [0, 0.05) is 37.0 Å². The lowest BCUT2D eigenvalue weighted by molar-refractivity contribution is -0.134. The molecule has 0 unspecified atom stereocenters. The van der Waals surface area contributed by atoms with E-state index in [2.05, 4.69) is 22.9 Å². The van der Waals surface area contributed by atoms with Crippen molar-refractivity contribution in [2.75, 3.05) is 18.9 Å². The first-order chi connectivity index (χ1) is 21.2. The number of aromatic nitrogens is 1. The Bertz CT molecular complexity index is 1590. The Hall–Kier alpha value is -3.99. The fourth-order valence-corrected chi connectivity index (χ4v) is 5.36.